The smallest absolute Gasteiger partial charge is 0.336 e. The van der Waals surface area contributed by atoms with Crippen LogP contribution in [0.3, 0.4) is 0 Å². The van der Waals surface area contributed by atoms with E-state index in [9.17, 15) is 14.4 Å². The molecule has 1 aliphatic rings. The standard InChI is InChI=1S/C21H26N4O2.C6H8O7/c1-3-27-16-4-5-19-17(10-16)18-14-25(8-6-20(18)24-19)13-15-11-22-21(23-12-15)7-9-26-2;7-3(8)1-6(13,5(11)12)2-4(9)10/h4-5,10-12,24H,3,6-9,13-14H2,1-2H3;13H,1-2H2,(H,7,8)(H,9,10)(H,11,12). The van der Waals surface area contributed by atoms with Gasteiger partial charge in [-0.25, -0.2) is 14.8 Å². The SMILES string of the molecule is CCOc1ccc2[nH]c3c(c2c1)CN(Cc1cnc(CCOC)nc1)CC3.O=C(O)CC(O)(CC(=O)O)C(=O)O. The topological polar surface area (TPSA) is 195 Å². The third kappa shape index (κ3) is 8.21. The number of carbonyl (C=O) groups is 3. The molecule has 2 aromatic heterocycles. The molecule has 0 radical (unpaired) electrons. The third-order valence-corrected chi connectivity index (χ3v) is 6.32. The maximum absolute atomic E-state index is 10.3. The van der Waals surface area contributed by atoms with Gasteiger partial charge in [0.1, 0.15) is 11.6 Å². The number of aromatic nitrogens is 3. The summed E-state index contributed by atoms with van der Waals surface area (Å²) in [4.78, 5) is 45.4. The van der Waals surface area contributed by atoms with Crippen LogP contribution >= 0.6 is 0 Å². The number of benzene rings is 1. The van der Waals surface area contributed by atoms with Gasteiger partial charge in [0.2, 0.25) is 0 Å². The second-order valence-electron chi connectivity index (χ2n) is 9.41. The number of carboxylic acid groups (broad SMARTS) is 3. The maximum Gasteiger partial charge on any atom is 0.336 e. The predicted octanol–water partition coefficient (Wildman–Crippen LogP) is 1.86. The largest absolute Gasteiger partial charge is 0.494 e. The summed E-state index contributed by atoms with van der Waals surface area (Å²) in [6.45, 7) is 6.17. The lowest BCUT2D eigenvalue weighted by molar-refractivity contribution is -0.170. The van der Waals surface area contributed by atoms with Crippen LogP contribution in [-0.4, -0.2) is 90.7 Å². The van der Waals surface area contributed by atoms with E-state index in [1.165, 1.54) is 22.2 Å². The van der Waals surface area contributed by atoms with E-state index in [4.69, 9.17) is 29.9 Å². The Morgan fingerprint density at radius 1 is 1.10 bits per heavy atom. The van der Waals surface area contributed by atoms with Crippen molar-refractivity contribution in [3.63, 3.8) is 0 Å². The summed E-state index contributed by atoms with van der Waals surface area (Å²) in [5.74, 6) is -3.25. The van der Waals surface area contributed by atoms with Gasteiger partial charge in [-0.15, -0.1) is 0 Å². The number of rotatable bonds is 12. The van der Waals surface area contributed by atoms with Crippen LogP contribution in [0.5, 0.6) is 5.75 Å². The number of H-pyrrole nitrogens is 1. The van der Waals surface area contributed by atoms with Crippen molar-refractivity contribution < 1.29 is 44.3 Å². The van der Waals surface area contributed by atoms with Crippen LogP contribution in [0, 0.1) is 0 Å². The number of hydrogen-bond donors (Lipinski definition) is 5. The van der Waals surface area contributed by atoms with Gasteiger partial charge in [-0.05, 0) is 30.7 Å². The summed E-state index contributed by atoms with van der Waals surface area (Å²) >= 11 is 0. The minimum absolute atomic E-state index is 0.651. The Morgan fingerprint density at radius 3 is 2.35 bits per heavy atom. The van der Waals surface area contributed by atoms with E-state index >= 15 is 0 Å². The molecule has 13 heteroatoms. The summed E-state index contributed by atoms with van der Waals surface area (Å²) in [6, 6.07) is 6.31. The molecule has 0 amide bonds. The highest BCUT2D eigenvalue weighted by molar-refractivity contribution is 5.88. The van der Waals surface area contributed by atoms with E-state index in [0.717, 1.165) is 49.6 Å². The van der Waals surface area contributed by atoms with Crippen molar-refractivity contribution in [1.82, 2.24) is 19.9 Å². The zero-order chi connectivity index (χ0) is 29.3. The molecule has 4 rings (SSSR count). The van der Waals surface area contributed by atoms with Crippen molar-refractivity contribution in [2.24, 2.45) is 0 Å². The molecule has 5 N–H and O–H groups in total. The highest BCUT2D eigenvalue weighted by Crippen LogP contribution is 2.31. The fourth-order valence-corrected chi connectivity index (χ4v) is 4.40. The molecule has 13 nitrogen and oxygen atoms in total. The fourth-order valence-electron chi connectivity index (χ4n) is 4.40. The Kier molecular flexibility index (Phi) is 10.5. The molecule has 1 aromatic carbocycles. The molecule has 0 bridgehead atoms. The number of nitrogens with one attached hydrogen (secondary N) is 1. The summed E-state index contributed by atoms with van der Waals surface area (Å²) in [7, 11) is 1.70. The van der Waals surface area contributed by atoms with E-state index < -0.39 is 36.4 Å². The Morgan fingerprint density at radius 2 is 1.77 bits per heavy atom. The average Bonchev–Trinajstić information content (AvgIpc) is 3.25. The van der Waals surface area contributed by atoms with Crippen LogP contribution in [0.4, 0.5) is 0 Å². The van der Waals surface area contributed by atoms with Crippen LogP contribution in [0.1, 0.15) is 42.4 Å². The molecule has 0 atom stereocenters. The molecule has 40 heavy (non-hydrogen) atoms. The van der Waals surface area contributed by atoms with Gasteiger partial charge in [0.15, 0.2) is 5.60 Å². The summed E-state index contributed by atoms with van der Waals surface area (Å²) in [6.07, 6.45) is 3.37. The average molecular weight is 559 g/mol. The van der Waals surface area contributed by atoms with Crippen LogP contribution in [0.25, 0.3) is 10.9 Å². The summed E-state index contributed by atoms with van der Waals surface area (Å²) in [5.41, 5.74) is 2.33. The summed E-state index contributed by atoms with van der Waals surface area (Å²) in [5, 5.41) is 35.1. The second-order valence-corrected chi connectivity index (χ2v) is 9.41. The number of aliphatic hydroxyl groups is 1. The first-order valence-corrected chi connectivity index (χ1v) is 12.7. The highest BCUT2D eigenvalue weighted by atomic mass is 16.5. The number of aliphatic carboxylic acids is 3. The first-order valence-electron chi connectivity index (χ1n) is 12.7. The van der Waals surface area contributed by atoms with E-state index in [0.29, 0.717) is 13.2 Å². The third-order valence-electron chi connectivity index (χ3n) is 6.32. The quantitative estimate of drug-likeness (QED) is 0.217. The van der Waals surface area contributed by atoms with Crippen LogP contribution in [-0.2, 0) is 45.1 Å². The van der Waals surface area contributed by atoms with Crippen molar-refractivity contribution in [1.29, 1.82) is 0 Å². The van der Waals surface area contributed by atoms with Gasteiger partial charge >= 0.3 is 17.9 Å². The normalized spacial score (nSPS) is 13.3. The lowest BCUT2D eigenvalue weighted by Gasteiger charge is -2.27. The second kappa shape index (κ2) is 13.8. The van der Waals surface area contributed by atoms with Gasteiger partial charge in [0, 0.05) is 74.1 Å². The molecular weight excluding hydrogens is 524 g/mol. The van der Waals surface area contributed by atoms with Gasteiger partial charge in [0.25, 0.3) is 0 Å². The number of nitrogens with zero attached hydrogens (tertiary/aromatic N) is 3. The van der Waals surface area contributed by atoms with E-state index in [1.54, 1.807) is 7.11 Å². The molecule has 3 heterocycles. The minimum Gasteiger partial charge on any atom is -0.494 e. The Balaban J connectivity index is 0.000000289. The molecule has 0 unspecified atom stereocenters. The predicted molar refractivity (Wildman–Crippen MR) is 142 cm³/mol. The molecule has 216 valence electrons. The molecular formula is C27H34N4O9. The molecule has 1 aliphatic heterocycles. The number of aromatic amines is 1. The summed E-state index contributed by atoms with van der Waals surface area (Å²) < 4.78 is 10.8. The number of methoxy groups -OCH3 is 1. The van der Waals surface area contributed by atoms with Gasteiger partial charge in [-0.1, -0.05) is 0 Å². The lowest BCUT2D eigenvalue weighted by atomic mass is 9.96. The first-order chi connectivity index (χ1) is 19.0. The Labute approximate surface area is 230 Å². The van der Waals surface area contributed by atoms with E-state index in [-0.39, 0.29) is 0 Å². The van der Waals surface area contributed by atoms with Crippen molar-refractivity contribution in [3.05, 3.63) is 53.2 Å². The van der Waals surface area contributed by atoms with E-state index in [2.05, 4.69) is 32.0 Å². The van der Waals surface area contributed by atoms with Crippen molar-refractivity contribution in [2.45, 2.75) is 51.3 Å². The molecule has 3 aromatic rings. The Hall–Kier alpha value is -4.07. The molecule has 0 spiro atoms. The van der Waals surface area contributed by atoms with Gasteiger partial charge in [0.05, 0.1) is 26.1 Å². The van der Waals surface area contributed by atoms with E-state index in [1.807, 2.05) is 25.4 Å². The number of fused-ring (bicyclic) bond motifs is 3. The molecule has 0 saturated carbocycles. The molecule has 0 aliphatic carbocycles. The van der Waals surface area contributed by atoms with Gasteiger partial charge in [-0.2, -0.15) is 0 Å². The minimum atomic E-state index is -2.74. The van der Waals surface area contributed by atoms with Crippen molar-refractivity contribution in [2.75, 3.05) is 26.9 Å². The van der Waals surface area contributed by atoms with Crippen molar-refractivity contribution >= 4 is 28.8 Å². The lowest BCUT2D eigenvalue weighted by Crippen LogP contribution is -2.42. The van der Waals surface area contributed by atoms with Crippen LogP contribution < -0.4 is 4.74 Å². The number of carboxylic acids is 3. The number of hydrogen-bond acceptors (Lipinski definition) is 9. The molecule has 0 saturated heterocycles. The zero-order valence-corrected chi connectivity index (χ0v) is 22.4. The van der Waals surface area contributed by atoms with Gasteiger partial charge < -0.3 is 34.9 Å². The van der Waals surface area contributed by atoms with Crippen molar-refractivity contribution in [3.8, 4) is 5.75 Å². The first kappa shape index (κ1) is 30.5. The monoisotopic (exact) mass is 558 g/mol. The zero-order valence-electron chi connectivity index (χ0n) is 22.4. The maximum atomic E-state index is 10.3. The fraction of sp³-hybridized carbons (Fsp3) is 0.444. The van der Waals surface area contributed by atoms with Gasteiger partial charge in [-0.3, -0.25) is 14.5 Å². The van der Waals surface area contributed by atoms with Crippen LogP contribution in [0.15, 0.2) is 30.6 Å². The Bertz CT molecular complexity index is 1310. The molecule has 0 fully saturated rings. The van der Waals surface area contributed by atoms with Crippen LogP contribution in [0.2, 0.25) is 0 Å². The number of ether oxygens (including phenoxy) is 2. The highest BCUT2D eigenvalue weighted by Gasteiger charge is 2.40.